The van der Waals surface area contributed by atoms with Gasteiger partial charge in [-0.25, -0.2) is 0 Å². The van der Waals surface area contributed by atoms with Gasteiger partial charge in [0, 0.05) is 12.7 Å². The molecule has 0 radical (unpaired) electrons. The number of rotatable bonds is 8. The van der Waals surface area contributed by atoms with Gasteiger partial charge in [0.25, 0.3) is 5.91 Å². The summed E-state index contributed by atoms with van der Waals surface area (Å²) in [5.41, 5.74) is 2.12. The molecular weight excluding hydrogens is 336 g/mol. The van der Waals surface area contributed by atoms with Crippen molar-refractivity contribution in [2.45, 2.75) is 51.6 Å². The van der Waals surface area contributed by atoms with Crippen LogP contribution in [0.2, 0.25) is 0 Å². The summed E-state index contributed by atoms with van der Waals surface area (Å²) in [7, 11) is 1.87. The van der Waals surface area contributed by atoms with Crippen molar-refractivity contribution in [2.24, 2.45) is 0 Å². The Morgan fingerprint density at radius 2 is 1.74 bits per heavy atom. The Hall–Kier alpha value is -2.49. The van der Waals surface area contributed by atoms with Gasteiger partial charge in [0.2, 0.25) is 0 Å². The van der Waals surface area contributed by atoms with Gasteiger partial charge in [0.15, 0.2) is 0 Å². The molecule has 1 aliphatic heterocycles. The second-order valence-electron chi connectivity index (χ2n) is 7.18. The Bertz CT molecular complexity index is 772. The number of hydrogen-bond donors (Lipinski definition) is 1. The molecule has 0 spiro atoms. The van der Waals surface area contributed by atoms with Crippen LogP contribution in [0.1, 0.15) is 61.9 Å². The quantitative estimate of drug-likeness (QED) is 0.636. The molecule has 27 heavy (non-hydrogen) atoms. The number of amides is 1. The van der Waals surface area contributed by atoms with Crippen LogP contribution in [0.3, 0.4) is 0 Å². The van der Waals surface area contributed by atoms with Crippen LogP contribution in [0, 0.1) is 0 Å². The first-order chi connectivity index (χ1) is 13.1. The van der Waals surface area contributed by atoms with Gasteiger partial charge in [0.05, 0.1) is 12.2 Å². The molecule has 1 amide bonds. The Morgan fingerprint density at radius 1 is 1.00 bits per heavy atom. The number of nitrogens with zero attached hydrogens (tertiary/aromatic N) is 1. The minimum absolute atomic E-state index is 0.0439. The van der Waals surface area contributed by atoms with Crippen molar-refractivity contribution in [2.75, 3.05) is 19.0 Å². The van der Waals surface area contributed by atoms with Gasteiger partial charge in [-0.3, -0.25) is 4.79 Å². The average molecular weight is 367 g/mol. The lowest BCUT2D eigenvalue weighted by Gasteiger charge is -2.46. The van der Waals surface area contributed by atoms with Crippen LogP contribution in [0.5, 0.6) is 5.75 Å². The molecule has 1 N–H and O–H groups in total. The summed E-state index contributed by atoms with van der Waals surface area (Å²) in [6.07, 6.45) is 5.56. The molecule has 2 aromatic carbocycles. The van der Waals surface area contributed by atoms with Crippen LogP contribution in [0.4, 0.5) is 5.69 Å². The van der Waals surface area contributed by atoms with Crippen LogP contribution >= 0.6 is 0 Å². The number of fused-ring (bicyclic) bond motifs is 1. The lowest BCUT2D eigenvalue weighted by molar-refractivity contribution is 0.0572. The molecule has 1 unspecified atom stereocenters. The Balaban J connectivity index is 1.78. The smallest absolute Gasteiger partial charge is 0.257 e. The number of carbonyl (C=O) groups is 1. The maximum atomic E-state index is 12.9. The Morgan fingerprint density at radius 3 is 2.44 bits per heavy atom. The zero-order valence-electron chi connectivity index (χ0n) is 16.6. The van der Waals surface area contributed by atoms with Crippen LogP contribution in [0.15, 0.2) is 48.5 Å². The molecule has 0 bridgehead atoms. The van der Waals surface area contributed by atoms with E-state index in [0.717, 1.165) is 42.0 Å². The summed E-state index contributed by atoms with van der Waals surface area (Å²) in [4.78, 5) is 14.7. The standard InChI is InChI=1S/C23H30N2O2/c1-4-6-7-10-17-27-19-15-13-18(14-16-19)23(5-2)24-21-12-9-8-11-20(21)22(26)25(23)3/h8-9,11-16,24H,4-7,10,17H2,1-3H3. The molecule has 0 saturated carbocycles. The Labute approximate surface area is 162 Å². The van der Waals surface area contributed by atoms with E-state index in [-0.39, 0.29) is 5.91 Å². The average Bonchev–Trinajstić information content (AvgIpc) is 2.71. The third-order valence-electron chi connectivity index (χ3n) is 5.49. The van der Waals surface area contributed by atoms with Crippen LogP contribution in [-0.2, 0) is 5.66 Å². The third-order valence-corrected chi connectivity index (χ3v) is 5.49. The summed E-state index contributed by atoms with van der Waals surface area (Å²) >= 11 is 0. The fourth-order valence-corrected chi connectivity index (χ4v) is 3.78. The number of para-hydroxylation sites is 1. The van der Waals surface area contributed by atoms with Gasteiger partial charge in [-0.15, -0.1) is 0 Å². The largest absolute Gasteiger partial charge is 0.494 e. The van der Waals surface area contributed by atoms with E-state index in [2.05, 4.69) is 31.3 Å². The summed E-state index contributed by atoms with van der Waals surface area (Å²) in [6.45, 7) is 5.06. The zero-order chi connectivity index (χ0) is 19.3. The zero-order valence-corrected chi connectivity index (χ0v) is 16.6. The molecule has 1 heterocycles. The monoisotopic (exact) mass is 366 g/mol. The minimum atomic E-state index is -0.551. The van der Waals surface area contributed by atoms with Gasteiger partial charge in [0.1, 0.15) is 11.4 Å². The van der Waals surface area contributed by atoms with Gasteiger partial charge in [-0.1, -0.05) is 57.4 Å². The summed E-state index contributed by atoms with van der Waals surface area (Å²) in [6, 6.07) is 15.8. The van der Waals surface area contributed by atoms with E-state index >= 15 is 0 Å². The normalized spacial score (nSPS) is 18.8. The van der Waals surface area contributed by atoms with E-state index in [0.29, 0.717) is 0 Å². The molecule has 0 aromatic heterocycles. The lowest BCUT2D eigenvalue weighted by atomic mass is 9.90. The maximum absolute atomic E-state index is 12.9. The highest BCUT2D eigenvalue weighted by Crippen LogP contribution is 2.39. The number of unbranched alkanes of at least 4 members (excludes halogenated alkanes) is 3. The molecule has 0 aliphatic carbocycles. The molecule has 0 fully saturated rings. The molecule has 144 valence electrons. The van der Waals surface area contributed by atoms with Crippen molar-refractivity contribution in [1.82, 2.24) is 4.90 Å². The van der Waals surface area contributed by atoms with E-state index in [4.69, 9.17) is 4.74 Å². The Kier molecular flexibility index (Phi) is 6.04. The maximum Gasteiger partial charge on any atom is 0.257 e. The fraction of sp³-hybridized carbons (Fsp3) is 0.435. The molecule has 2 aromatic rings. The fourth-order valence-electron chi connectivity index (χ4n) is 3.78. The predicted molar refractivity (Wildman–Crippen MR) is 110 cm³/mol. The number of anilines is 1. The highest BCUT2D eigenvalue weighted by atomic mass is 16.5. The summed E-state index contributed by atoms with van der Waals surface area (Å²) < 4.78 is 5.86. The van der Waals surface area contributed by atoms with Gasteiger partial charge in [-0.05, 0) is 42.7 Å². The van der Waals surface area contributed by atoms with Gasteiger partial charge >= 0.3 is 0 Å². The van der Waals surface area contributed by atoms with Crippen molar-refractivity contribution in [1.29, 1.82) is 0 Å². The van der Waals surface area contributed by atoms with Crippen LogP contribution in [-0.4, -0.2) is 24.5 Å². The van der Waals surface area contributed by atoms with E-state index in [1.54, 1.807) is 0 Å². The van der Waals surface area contributed by atoms with Crippen LogP contribution in [0.25, 0.3) is 0 Å². The lowest BCUT2D eigenvalue weighted by Crippen LogP contribution is -2.55. The third kappa shape index (κ3) is 3.80. The number of carbonyl (C=O) groups excluding carboxylic acids is 1. The van der Waals surface area contributed by atoms with Gasteiger partial charge < -0.3 is 15.0 Å². The molecule has 3 rings (SSSR count). The highest BCUT2D eigenvalue weighted by Gasteiger charge is 2.42. The first kappa shape index (κ1) is 19.3. The molecule has 4 nitrogen and oxygen atoms in total. The van der Waals surface area contributed by atoms with Crippen LogP contribution < -0.4 is 10.1 Å². The first-order valence-corrected chi connectivity index (χ1v) is 10.0. The molecule has 1 atom stereocenters. The van der Waals surface area contributed by atoms with Crippen molar-refractivity contribution < 1.29 is 9.53 Å². The molecule has 4 heteroatoms. The highest BCUT2D eigenvalue weighted by molar-refractivity contribution is 6.02. The van der Waals surface area contributed by atoms with E-state index in [9.17, 15) is 4.79 Å². The molecule has 1 aliphatic rings. The summed E-state index contributed by atoms with van der Waals surface area (Å²) in [5, 5.41) is 3.61. The van der Waals surface area contributed by atoms with E-state index in [1.165, 1.54) is 19.3 Å². The minimum Gasteiger partial charge on any atom is -0.494 e. The summed E-state index contributed by atoms with van der Waals surface area (Å²) in [5.74, 6) is 0.925. The first-order valence-electron chi connectivity index (χ1n) is 10.0. The number of nitrogens with one attached hydrogen (secondary N) is 1. The number of ether oxygens (including phenoxy) is 1. The van der Waals surface area contributed by atoms with Crippen molar-refractivity contribution >= 4 is 11.6 Å². The van der Waals surface area contributed by atoms with E-state index < -0.39 is 5.66 Å². The van der Waals surface area contributed by atoms with Gasteiger partial charge in [-0.2, -0.15) is 0 Å². The van der Waals surface area contributed by atoms with Crippen molar-refractivity contribution in [3.8, 4) is 5.75 Å². The molecular formula is C23H30N2O2. The predicted octanol–water partition coefficient (Wildman–Crippen LogP) is 5.41. The van der Waals surface area contributed by atoms with Crippen molar-refractivity contribution in [3.63, 3.8) is 0 Å². The van der Waals surface area contributed by atoms with E-state index in [1.807, 2.05) is 48.3 Å². The second kappa shape index (κ2) is 8.47. The second-order valence-corrected chi connectivity index (χ2v) is 7.18. The SMILES string of the molecule is CCCCCCOc1ccc(C2(CC)Nc3ccccc3C(=O)N2C)cc1. The van der Waals surface area contributed by atoms with Crippen molar-refractivity contribution in [3.05, 3.63) is 59.7 Å². The molecule has 0 saturated heterocycles. The number of benzene rings is 2. The number of hydrogen-bond acceptors (Lipinski definition) is 3. The topological polar surface area (TPSA) is 41.6 Å².